The molecule has 1 saturated heterocycles. The third kappa shape index (κ3) is 1.06. The third-order valence-corrected chi connectivity index (χ3v) is 2.65. The average Bonchev–Trinajstić information content (AvgIpc) is 2.56. The fourth-order valence-electron chi connectivity index (χ4n) is 1.88. The second-order valence-corrected chi connectivity index (χ2v) is 3.39. The molecule has 1 aliphatic heterocycles. The van der Waals surface area contributed by atoms with Crippen LogP contribution in [0, 0.1) is 11.8 Å². The molecule has 0 aromatic carbocycles. The fraction of sp³-hybridized carbons (Fsp3) is 1.00. The van der Waals surface area contributed by atoms with E-state index in [1.54, 1.807) is 0 Å². The predicted octanol–water partition coefficient (Wildman–Crippen LogP) is 0.794. The first-order valence-electron chi connectivity index (χ1n) is 4.14. The Morgan fingerprint density at radius 1 is 1.50 bits per heavy atom. The van der Waals surface area contributed by atoms with Crippen molar-refractivity contribution < 1.29 is 9.84 Å². The Morgan fingerprint density at radius 2 is 2.40 bits per heavy atom. The molecule has 2 rings (SSSR count). The van der Waals surface area contributed by atoms with Crippen LogP contribution in [0.1, 0.15) is 19.3 Å². The molecule has 2 heteroatoms. The summed E-state index contributed by atoms with van der Waals surface area (Å²) in [6.07, 6.45) is 4.14. The van der Waals surface area contributed by atoms with Crippen LogP contribution in [0.15, 0.2) is 0 Å². The molecule has 3 atom stereocenters. The van der Waals surface area contributed by atoms with Gasteiger partial charge in [-0.2, -0.15) is 0 Å². The highest BCUT2D eigenvalue weighted by molar-refractivity contribution is 4.92. The van der Waals surface area contributed by atoms with Crippen LogP contribution in [0.3, 0.4) is 0 Å². The summed E-state index contributed by atoms with van der Waals surface area (Å²) < 4.78 is 5.50. The van der Waals surface area contributed by atoms with Gasteiger partial charge in [0.2, 0.25) is 0 Å². The average molecular weight is 142 g/mol. The van der Waals surface area contributed by atoms with Gasteiger partial charge >= 0.3 is 0 Å². The highest BCUT2D eigenvalue weighted by atomic mass is 16.5. The van der Waals surface area contributed by atoms with Gasteiger partial charge in [-0.25, -0.2) is 0 Å². The lowest BCUT2D eigenvalue weighted by molar-refractivity contribution is 0.0855. The lowest BCUT2D eigenvalue weighted by atomic mass is 10.1. The Bertz CT molecular complexity index is 118. The zero-order valence-electron chi connectivity index (χ0n) is 6.12. The van der Waals surface area contributed by atoms with Crippen LogP contribution in [0.5, 0.6) is 0 Å². The van der Waals surface area contributed by atoms with Gasteiger partial charge in [0.1, 0.15) is 0 Å². The van der Waals surface area contributed by atoms with Gasteiger partial charge in [0, 0.05) is 13.2 Å². The van der Waals surface area contributed by atoms with Crippen LogP contribution in [0.4, 0.5) is 0 Å². The molecule has 2 nitrogen and oxygen atoms in total. The van der Waals surface area contributed by atoms with Gasteiger partial charge < -0.3 is 9.84 Å². The highest BCUT2D eigenvalue weighted by Gasteiger charge is 2.43. The summed E-state index contributed by atoms with van der Waals surface area (Å²) in [4.78, 5) is 0. The molecule has 10 heavy (non-hydrogen) atoms. The molecular formula is C8H14O2. The van der Waals surface area contributed by atoms with E-state index >= 15 is 0 Å². The van der Waals surface area contributed by atoms with Gasteiger partial charge in [-0.05, 0) is 31.1 Å². The topological polar surface area (TPSA) is 29.5 Å². The summed E-state index contributed by atoms with van der Waals surface area (Å²) >= 11 is 0. The van der Waals surface area contributed by atoms with E-state index in [1.165, 1.54) is 19.3 Å². The van der Waals surface area contributed by atoms with Crippen molar-refractivity contribution in [1.82, 2.24) is 0 Å². The minimum absolute atomic E-state index is 0.366. The third-order valence-electron chi connectivity index (χ3n) is 2.65. The maximum atomic E-state index is 8.78. The number of hydrogen-bond acceptors (Lipinski definition) is 2. The predicted molar refractivity (Wildman–Crippen MR) is 37.7 cm³/mol. The minimum atomic E-state index is 0.366. The molecule has 2 fully saturated rings. The Hall–Kier alpha value is -0.0800. The molecule has 58 valence electrons. The summed E-state index contributed by atoms with van der Waals surface area (Å²) in [6.45, 7) is 1.31. The van der Waals surface area contributed by atoms with Crippen molar-refractivity contribution in [2.45, 2.75) is 25.4 Å². The van der Waals surface area contributed by atoms with Gasteiger partial charge in [0.25, 0.3) is 0 Å². The van der Waals surface area contributed by atoms with Crippen molar-refractivity contribution in [3.05, 3.63) is 0 Å². The Balaban J connectivity index is 1.79. The molecule has 1 heterocycles. The van der Waals surface area contributed by atoms with Crippen LogP contribution in [0.2, 0.25) is 0 Å². The number of aliphatic hydroxyl groups is 1. The quantitative estimate of drug-likeness (QED) is 0.617. The van der Waals surface area contributed by atoms with Crippen molar-refractivity contribution in [1.29, 1.82) is 0 Å². The second kappa shape index (κ2) is 2.51. The lowest BCUT2D eigenvalue weighted by Crippen LogP contribution is -2.09. The molecular weight excluding hydrogens is 128 g/mol. The van der Waals surface area contributed by atoms with Crippen LogP contribution in [-0.2, 0) is 4.74 Å². The van der Waals surface area contributed by atoms with Gasteiger partial charge in [-0.3, -0.25) is 0 Å². The Labute approximate surface area is 61.2 Å². The van der Waals surface area contributed by atoms with Crippen molar-refractivity contribution in [3.63, 3.8) is 0 Å². The first-order valence-corrected chi connectivity index (χ1v) is 4.14. The van der Waals surface area contributed by atoms with Crippen LogP contribution >= 0.6 is 0 Å². The van der Waals surface area contributed by atoms with Gasteiger partial charge in [0.15, 0.2) is 0 Å². The molecule has 0 unspecified atom stereocenters. The normalized spacial score (nSPS) is 45.9. The van der Waals surface area contributed by atoms with Gasteiger partial charge in [-0.1, -0.05) is 0 Å². The maximum Gasteiger partial charge on any atom is 0.0607 e. The zero-order chi connectivity index (χ0) is 6.97. The van der Waals surface area contributed by atoms with Crippen molar-refractivity contribution in [2.24, 2.45) is 11.8 Å². The van der Waals surface area contributed by atoms with Crippen molar-refractivity contribution in [2.75, 3.05) is 13.2 Å². The van der Waals surface area contributed by atoms with E-state index < -0.39 is 0 Å². The number of ether oxygens (including phenoxy) is 1. The zero-order valence-corrected chi connectivity index (χ0v) is 6.12. The fourth-order valence-corrected chi connectivity index (χ4v) is 1.88. The molecule has 0 aromatic heterocycles. The summed E-state index contributed by atoms with van der Waals surface area (Å²) in [7, 11) is 0. The summed E-state index contributed by atoms with van der Waals surface area (Å²) in [5.41, 5.74) is 0. The number of hydrogen-bond donors (Lipinski definition) is 1. The van der Waals surface area contributed by atoms with Crippen LogP contribution in [0.25, 0.3) is 0 Å². The first-order chi connectivity index (χ1) is 4.92. The molecule has 1 N–H and O–H groups in total. The summed E-state index contributed by atoms with van der Waals surface area (Å²) in [6, 6.07) is 0. The van der Waals surface area contributed by atoms with Crippen LogP contribution < -0.4 is 0 Å². The smallest absolute Gasteiger partial charge is 0.0607 e. The Kier molecular flexibility index (Phi) is 1.66. The second-order valence-electron chi connectivity index (χ2n) is 3.39. The molecule has 0 aromatic rings. The monoisotopic (exact) mass is 142 g/mol. The lowest BCUT2D eigenvalue weighted by Gasteiger charge is -2.06. The van der Waals surface area contributed by atoms with Crippen molar-refractivity contribution in [3.8, 4) is 0 Å². The summed E-state index contributed by atoms with van der Waals surface area (Å²) in [5, 5.41) is 8.78. The van der Waals surface area contributed by atoms with E-state index in [1.807, 2.05) is 0 Å². The molecule has 1 aliphatic carbocycles. The van der Waals surface area contributed by atoms with E-state index in [-0.39, 0.29) is 0 Å². The van der Waals surface area contributed by atoms with E-state index in [0.717, 1.165) is 6.61 Å². The standard InChI is InChI=1S/C8H14O2/c9-5-6-4-7(6)8-2-1-3-10-8/h6-9H,1-5H2/t6-,7-,8-/m0/s1. The van der Waals surface area contributed by atoms with Crippen LogP contribution in [-0.4, -0.2) is 24.4 Å². The first kappa shape index (κ1) is 6.62. The van der Waals surface area contributed by atoms with E-state index in [2.05, 4.69) is 0 Å². The molecule has 0 spiro atoms. The minimum Gasteiger partial charge on any atom is -0.396 e. The molecule has 1 saturated carbocycles. The van der Waals surface area contributed by atoms with E-state index in [4.69, 9.17) is 9.84 Å². The van der Waals surface area contributed by atoms with E-state index in [9.17, 15) is 0 Å². The molecule has 2 aliphatic rings. The number of rotatable bonds is 2. The van der Waals surface area contributed by atoms with Gasteiger partial charge in [-0.15, -0.1) is 0 Å². The molecule has 0 bridgehead atoms. The largest absolute Gasteiger partial charge is 0.396 e. The number of aliphatic hydroxyl groups excluding tert-OH is 1. The Morgan fingerprint density at radius 3 is 2.90 bits per heavy atom. The molecule has 0 radical (unpaired) electrons. The SMILES string of the molecule is OC[C@@H]1C[C@@H]1[C@@H]1CCCO1. The highest BCUT2D eigenvalue weighted by Crippen LogP contribution is 2.44. The summed E-state index contributed by atoms with van der Waals surface area (Å²) in [5.74, 6) is 1.27. The van der Waals surface area contributed by atoms with Gasteiger partial charge in [0.05, 0.1) is 6.10 Å². The van der Waals surface area contributed by atoms with E-state index in [0.29, 0.717) is 24.5 Å². The van der Waals surface area contributed by atoms with Crippen molar-refractivity contribution >= 4 is 0 Å². The maximum absolute atomic E-state index is 8.78. The molecule has 0 amide bonds.